The molecule has 0 bridgehead atoms. The van der Waals surface area contributed by atoms with Crippen molar-refractivity contribution in [3.8, 4) is 0 Å². The lowest BCUT2D eigenvalue weighted by Gasteiger charge is -1.97. The van der Waals surface area contributed by atoms with Crippen molar-refractivity contribution in [2.75, 3.05) is 5.75 Å². The van der Waals surface area contributed by atoms with Gasteiger partial charge in [-0.3, -0.25) is 9.36 Å². The second kappa shape index (κ2) is 4.77. The van der Waals surface area contributed by atoms with Crippen molar-refractivity contribution in [2.45, 2.75) is 6.54 Å². The van der Waals surface area contributed by atoms with E-state index in [1.165, 1.54) is 23.2 Å². The van der Waals surface area contributed by atoms with Gasteiger partial charge in [-0.1, -0.05) is 12.2 Å². The molecular formula is C8H10N2OS. The second-order valence-corrected chi connectivity index (χ2v) is 2.59. The molecule has 1 aromatic heterocycles. The van der Waals surface area contributed by atoms with E-state index in [2.05, 4.69) is 17.6 Å². The molecule has 0 aromatic carbocycles. The molecule has 1 aromatic rings. The Hall–Kier alpha value is -1.03. The lowest BCUT2D eigenvalue weighted by molar-refractivity contribution is 0.752. The number of aromatic nitrogens is 2. The number of hydrogen-bond donors (Lipinski definition) is 1. The third kappa shape index (κ3) is 2.54. The maximum atomic E-state index is 11.1. The highest BCUT2D eigenvalue weighted by Gasteiger charge is 1.88. The number of allylic oxidation sites excluding steroid dienone is 1. The smallest absolute Gasteiger partial charge is 0.253 e. The summed E-state index contributed by atoms with van der Waals surface area (Å²) in [5.41, 5.74) is -0.0335. The Morgan fingerprint density at radius 3 is 3.08 bits per heavy atom. The topological polar surface area (TPSA) is 34.9 Å². The summed E-state index contributed by atoms with van der Waals surface area (Å²) in [7, 11) is 0. The second-order valence-electron chi connectivity index (χ2n) is 2.22. The van der Waals surface area contributed by atoms with Gasteiger partial charge in [0, 0.05) is 24.6 Å². The molecule has 3 nitrogen and oxygen atoms in total. The zero-order valence-corrected chi connectivity index (χ0v) is 7.45. The lowest BCUT2D eigenvalue weighted by atomic mass is 10.5. The summed E-state index contributed by atoms with van der Waals surface area (Å²) in [6.45, 7) is 0.563. The summed E-state index contributed by atoms with van der Waals surface area (Å²) in [4.78, 5) is 14.9. The fourth-order valence-electron chi connectivity index (χ4n) is 0.778. The number of hydrogen-bond acceptors (Lipinski definition) is 3. The first-order chi connectivity index (χ1) is 5.84. The van der Waals surface area contributed by atoms with E-state index < -0.39 is 0 Å². The summed E-state index contributed by atoms with van der Waals surface area (Å²) in [5, 5.41) is 0. The molecule has 64 valence electrons. The Kier molecular flexibility index (Phi) is 3.60. The molecule has 0 spiro atoms. The first-order valence-corrected chi connectivity index (χ1v) is 4.24. The van der Waals surface area contributed by atoms with Gasteiger partial charge in [0.1, 0.15) is 0 Å². The molecule has 0 aliphatic heterocycles. The fraction of sp³-hybridized carbons (Fsp3) is 0.250. The molecule has 0 saturated heterocycles. The van der Waals surface area contributed by atoms with E-state index >= 15 is 0 Å². The standard InChI is InChI=1S/C8H10N2OS/c11-8-3-4-9-7-10(8)5-1-2-6-12/h1-4,7,12H,5-6H2. The van der Waals surface area contributed by atoms with Gasteiger partial charge in [-0.25, -0.2) is 4.98 Å². The van der Waals surface area contributed by atoms with E-state index in [1.807, 2.05) is 12.2 Å². The van der Waals surface area contributed by atoms with Crippen LogP contribution in [-0.4, -0.2) is 15.3 Å². The highest BCUT2D eigenvalue weighted by molar-refractivity contribution is 7.80. The van der Waals surface area contributed by atoms with Gasteiger partial charge in [-0.05, 0) is 0 Å². The van der Waals surface area contributed by atoms with Crippen molar-refractivity contribution < 1.29 is 0 Å². The zero-order chi connectivity index (χ0) is 8.81. The van der Waals surface area contributed by atoms with Crippen LogP contribution in [0.25, 0.3) is 0 Å². The monoisotopic (exact) mass is 182 g/mol. The molecule has 0 N–H and O–H groups in total. The van der Waals surface area contributed by atoms with E-state index in [4.69, 9.17) is 0 Å². The molecule has 0 unspecified atom stereocenters. The Morgan fingerprint density at radius 1 is 1.58 bits per heavy atom. The molecule has 1 heterocycles. The van der Waals surface area contributed by atoms with Crippen molar-refractivity contribution in [2.24, 2.45) is 0 Å². The molecule has 12 heavy (non-hydrogen) atoms. The average Bonchev–Trinajstić information content (AvgIpc) is 2.09. The van der Waals surface area contributed by atoms with Crippen LogP contribution in [0.2, 0.25) is 0 Å². The predicted molar refractivity (Wildman–Crippen MR) is 51.5 cm³/mol. The Bertz CT molecular complexity index is 319. The third-order valence-corrected chi connectivity index (χ3v) is 1.58. The van der Waals surface area contributed by atoms with Crippen LogP contribution in [0.1, 0.15) is 0 Å². The van der Waals surface area contributed by atoms with E-state index in [-0.39, 0.29) is 5.56 Å². The van der Waals surface area contributed by atoms with Crippen LogP contribution in [0, 0.1) is 0 Å². The summed E-state index contributed by atoms with van der Waals surface area (Å²) in [5.74, 6) is 0.689. The van der Waals surface area contributed by atoms with Crippen LogP contribution in [0.4, 0.5) is 0 Å². The number of nitrogens with zero attached hydrogens (tertiary/aromatic N) is 2. The van der Waals surface area contributed by atoms with Gasteiger partial charge >= 0.3 is 0 Å². The minimum absolute atomic E-state index is 0.0335. The van der Waals surface area contributed by atoms with Crippen LogP contribution in [0.15, 0.2) is 35.5 Å². The van der Waals surface area contributed by atoms with Crippen molar-refractivity contribution >= 4 is 12.6 Å². The highest BCUT2D eigenvalue weighted by atomic mass is 32.1. The van der Waals surface area contributed by atoms with Gasteiger partial charge in [0.05, 0.1) is 6.33 Å². The Balaban J connectivity index is 2.70. The van der Waals surface area contributed by atoms with E-state index in [0.717, 1.165) is 0 Å². The molecule has 0 fully saturated rings. The Labute approximate surface area is 76.2 Å². The summed E-state index contributed by atoms with van der Waals surface area (Å²) in [6.07, 6.45) is 6.78. The van der Waals surface area contributed by atoms with E-state index in [0.29, 0.717) is 12.3 Å². The molecular weight excluding hydrogens is 172 g/mol. The van der Waals surface area contributed by atoms with Crippen LogP contribution in [0.5, 0.6) is 0 Å². The molecule has 0 aliphatic carbocycles. The van der Waals surface area contributed by atoms with E-state index in [9.17, 15) is 4.79 Å². The number of rotatable bonds is 3. The first kappa shape index (κ1) is 9.06. The van der Waals surface area contributed by atoms with Crippen molar-refractivity contribution in [3.63, 3.8) is 0 Å². The molecule has 0 amide bonds. The molecule has 0 radical (unpaired) electrons. The zero-order valence-electron chi connectivity index (χ0n) is 6.55. The minimum Gasteiger partial charge on any atom is -0.295 e. The van der Waals surface area contributed by atoms with Crippen molar-refractivity contribution in [1.82, 2.24) is 9.55 Å². The highest BCUT2D eigenvalue weighted by Crippen LogP contribution is 1.82. The van der Waals surface area contributed by atoms with Gasteiger partial charge < -0.3 is 0 Å². The average molecular weight is 182 g/mol. The number of thiol groups is 1. The van der Waals surface area contributed by atoms with Gasteiger partial charge in [0.2, 0.25) is 0 Å². The van der Waals surface area contributed by atoms with Gasteiger partial charge in [0.15, 0.2) is 0 Å². The van der Waals surface area contributed by atoms with Crippen molar-refractivity contribution in [1.29, 1.82) is 0 Å². The normalized spacial score (nSPS) is 10.8. The fourth-order valence-corrected chi connectivity index (χ4v) is 0.927. The summed E-state index contributed by atoms with van der Waals surface area (Å²) < 4.78 is 1.53. The van der Waals surface area contributed by atoms with Crippen LogP contribution >= 0.6 is 12.6 Å². The quantitative estimate of drug-likeness (QED) is 0.552. The first-order valence-electron chi connectivity index (χ1n) is 3.61. The lowest BCUT2D eigenvalue weighted by Crippen LogP contribution is -2.17. The van der Waals surface area contributed by atoms with Crippen LogP contribution in [-0.2, 0) is 6.54 Å². The van der Waals surface area contributed by atoms with Gasteiger partial charge in [0.25, 0.3) is 5.56 Å². The van der Waals surface area contributed by atoms with Crippen LogP contribution in [0.3, 0.4) is 0 Å². The Morgan fingerprint density at radius 2 is 2.42 bits per heavy atom. The van der Waals surface area contributed by atoms with Gasteiger partial charge in [-0.15, -0.1) is 0 Å². The maximum Gasteiger partial charge on any atom is 0.253 e. The summed E-state index contributed by atoms with van der Waals surface area (Å²) >= 11 is 4.00. The molecule has 1 rings (SSSR count). The molecule has 0 aliphatic rings. The molecule has 4 heteroatoms. The molecule has 0 saturated carbocycles. The minimum atomic E-state index is -0.0335. The van der Waals surface area contributed by atoms with E-state index in [1.54, 1.807) is 0 Å². The SMILES string of the molecule is O=c1ccncn1CC=CCS. The maximum absolute atomic E-state index is 11.1. The largest absolute Gasteiger partial charge is 0.295 e. The van der Waals surface area contributed by atoms with Crippen molar-refractivity contribution in [3.05, 3.63) is 41.1 Å². The summed E-state index contributed by atoms with van der Waals surface area (Å²) in [6, 6.07) is 1.44. The predicted octanol–water partition coefficient (Wildman–Crippen LogP) is 0.729. The van der Waals surface area contributed by atoms with Crippen LogP contribution < -0.4 is 5.56 Å². The third-order valence-electron chi connectivity index (χ3n) is 1.37. The molecule has 0 atom stereocenters. The van der Waals surface area contributed by atoms with Gasteiger partial charge in [-0.2, -0.15) is 12.6 Å².